The average Bonchev–Trinajstić information content (AvgIpc) is 3.11. The number of hydrogen-bond donors (Lipinski definition) is 0. The average molecular weight is 543 g/mol. The summed E-state index contributed by atoms with van der Waals surface area (Å²) in [6.07, 6.45) is 7.24. The van der Waals surface area contributed by atoms with Crippen LogP contribution in [0.1, 0.15) is 44.0 Å². The molecule has 1 aliphatic heterocycles. The molecule has 4 heterocycles. The summed E-state index contributed by atoms with van der Waals surface area (Å²) in [4.78, 5) is 22.7. The number of pyridine rings is 2. The van der Waals surface area contributed by atoms with Crippen LogP contribution in [0.4, 0.5) is 0 Å². The Hall–Kier alpha value is -3.05. The summed E-state index contributed by atoms with van der Waals surface area (Å²) in [7, 11) is -6.46. The molecule has 0 amide bonds. The Morgan fingerprint density at radius 1 is 1.05 bits per heavy atom. The molecule has 0 aliphatic carbocycles. The Kier molecular flexibility index (Phi) is 6.26. The highest BCUT2D eigenvalue weighted by Gasteiger charge is 2.33. The maximum absolute atomic E-state index is 13.8. The number of aromatic nitrogens is 4. The van der Waals surface area contributed by atoms with Crippen LogP contribution in [0.15, 0.2) is 53.7 Å². The van der Waals surface area contributed by atoms with Crippen molar-refractivity contribution < 1.29 is 16.8 Å². The van der Waals surface area contributed by atoms with E-state index in [2.05, 4.69) is 4.98 Å². The Labute approximate surface area is 216 Å². The van der Waals surface area contributed by atoms with Gasteiger partial charge in [0.1, 0.15) is 9.84 Å². The zero-order valence-corrected chi connectivity index (χ0v) is 22.7. The maximum Gasteiger partial charge on any atom is 0.329 e. The van der Waals surface area contributed by atoms with Gasteiger partial charge in [-0.2, -0.15) is 0 Å². The molecule has 1 fully saturated rings. The van der Waals surface area contributed by atoms with Crippen LogP contribution in [0, 0.1) is 0 Å². The minimum atomic E-state index is -3.38. The molecule has 1 saturated heterocycles. The van der Waals surface area contributed by atoms with Crippen molar-refractivity contribution in [1.82, 2.24) is 19.1 Å². The van der Waals surface area contributed by atoms with Gasteiger partial charge in [-0.15, -0.1) is 0 Å². The van der Waals surface area contributed by atoms with Crippen molar-refractivity contribution in [3.05, 3.63) is 70.7 Å². The molecule has 3 aromatic heterocycles. The first-order valence-corrected chi connectivity index (χ1v) is 15.9. The number of nitrogens with zero attached hydrogens (tertiary/aromatic N) is 4. The monoisotopic (exact) mass is 542 g/mol. The summed E-state index contributed by atoms with van der Waals surface area (Å²) in [5.41, 5.74) is 2.48. The zero-order chi connectivity index (χ0) is 26.6. The standard InChI is InChI=1S/C26H30N4O5S2/c1-26(2,36(3,32)33)14-21-20-7-5-4-6-18(20)15-28-22(21)17-29-24-16-27-11-8-23(24)30(25(29)31)19-9-12-37(34,35)13-10-19/h4-8,11,15-16,19H,9-10,12-14,17H2,1-3H3. The van der Waals surface area contributed by atoms with Crippen molar-refractivity contribution in [2.75, 3.05) is 17.8 Å². The predicted octanol–water partition coefficient (Wildman–Crippen LogP) is 2.91. The second-order valence-corrected chi connectivity index (χ2v) is 15.4. The van der Waals surface area contributed by atoms with E-state index in [1.807, 2.05) is 24.3 Å². The van der Waals surface area contributed by atoms with Crippen LogP contribution in [0.25, 0.3) is 21.8 Å². The number of sulfone groups is 2. The highest BCUT2D eigenvalue weighted by atomic mass is 32.2. The third-order valence-corrected chi connectivity index (χ3v) is 11.4. The first-order chi connectivity index (χ1) is 17.4. The van der Waals surface area contributed by atoms with Gasteiger partial charge in [-0.05, 0) is 50.1 Å². The predicted molar refractivity (Wildman–Crippen MR) is 144 cm³/mol. The number of imidazole rings is 1. The fraction of sp³-hybridized carbons (Fsp3) is 0.423. The molecule has 4 aromatic rings. The van der Waals surface area contributed by atoms with Crippen molar-refractivity contribution in [2.45, 2.75) is 50.4 Å². The molecule has 11 heteroatoms. The molecule has 0 saturated carbocycles. The van der Waals surface area contributed by atoms with Gasteiger partial charge in [0.25, 0.3) is 0 Å². The van der Waals surface area contributed by atoms with Crippen molar-refractivity contribution in [1.29, 1.82) is 0 Å². The summed E-state index contributed by atoms with van der Waals surface area (Å²) in [6, 6.07) is 9.24. The Morgan fingerprint density at radius 2 is 1.76 bits per heavy atom. The van der Waals surface area contributed by atoms with E-state index in [4.69, 9.17) is 4.98 Å². The van der Waals surface area contributed by atoms with E-state index in [1.54, 1.807) is 47.6 Å². The molecule has 0 atom stereocenters. The van der Waals surface area contributed by atoms with E-state index in [-0.39, 0.29) is 36.2 Å². The highest BCUT2D eigenvalue weighted by molar-refractivity contribution is 7.92. The first kappa shape index (κ1) is 25.6. The number of hydrogen-bond acceptors (Lipinski definition) is 7. The molecular weight excluding hydrogens is 512 g/mol. The molecule has 0 spiro atoms. The molecule has 196 valence electrons. The molecule has 1 aliphatic rings. The molecule has 0 bridgehead atoms. The van der Waals surface area contributed by atoms with E-state index in [0.717, 1.165) is 16.3 Å². The molecule has 0 unspecified atom stereocenters. The van der Waals surface area contributed by atoms with Gasteiger partial charge >= 0.3 is 5.69 Å². The number of rotatable bonds is 6. The minimum absolute atomic E-state index is 0.0544. The van der Waals surface area contributed by atoms with E-state index in [9.17, 15) is 21.6 Å². The summed E-state index contributed by atoms with van der Waals surface area (Å²) in [5.74, 6) is 0.109. The summed E-state index contributed by atoms with van der Waals surface area (Å²) in [5, 5.41) is 1.79. The molecule has 9 nitrogen and oxygen atoms in total. The van der Waals surface area contributed by atoms with Crippen LogP contribution in [-0.4, -0.2) is 58.4 Å². The summed E-state index contributed by atoms with van der Waals surface area (Å²) in [6.45, 7) is 3.54. The Balaban J connectivity index is 1.65. The lowest BCUT2D eigenvalue weighted by Gasteiger charge is -2.25. The van der Waals surface area contributed by atoms with Crippen LogP contribution < -0.4 is 5.69 Å². The van der Waals surface area contributed by atoms with Gasteiger partial charge in [-0.25, -0.2) is 21.6 Å². The molecule has 37 heavy (non-hydrogen) atoms. The lowest BCUT2D eigenvalue weighted by molar-refractivity contribution is 0.443. The lowest BCUT2D eigenvalue weighted by atomic mass is 9.95. The Morgan fingerprint density at radius 3 is 2.46 bits per heavy atom. The van der Waals surface area contributed by atoms with Gasteiger partial charge in [0.05, 0.1) is 45.7 Å². The van der Waals surface area contributed by atoms with Crippen molar-refractivity contribution in [3.8, 4) is 0 Å². The van der Waals surface area contributed by atoms with E-state index in [1.165, 1.54) is 6.26 Å². The first-order valence-electron chi connectivity index (χ1n) is 12.2. The van der Waals surface area contributed by atoms with Crippen molar-refractivity contribution in [2.24, 2.45) is 0 Å². The van der Waals surface area contributed by atoms with Gasteiger partial charge in [-0.3, -0.25) is 19.1 Å². The molecular formula is C26H30N4O5S2. The number of benzene rings is 1. The second-order valence-electron chi connectivity index (χ2n) is 10.5. The normalized spacial score (nSPS) is 16.9. The zero-order valence-electron chi connectivity index (χ0n) is 21.1. The van der Waals surface area contributed by atoms with E-state index in [0.29, 0.717) is 29.6 Å². The van der Waals surface area contributed by atoms with Crippen LogP contribution in [-0.2, 0) is 32.6 Å². The minimum Gasteiger partial charge on any atom is -0.289 e. The van der Waals surface area contributed by atoms with Crippen LogP contribution in [0.2, 0.25) is 0 Å². The third kappa shape index (κ3) is 4.70. The third-order valence-electron chi connectivity index (χ3n) is 7.56. The van der Waals surface area contributed by atoms with Crippen molar-refractivity contribution >= 4 is 41.5 Å². The number of fused-ring (bicyclic) bond motifs is 2. The van der Waals surface area contributed by atoms with Gasteiger partial charge in [-0.1, -0.05) is 24.3 Å². The quantitative estimate of drug-likeness (QED) is 0.367. The molecule has 1 aromatic carbocycles. The van der Waals surface area contributed by atoms with E-state index >= 15 is 0 Å². The maximum atomic E-state index is 13.8. The van der Waals surface area contributed by atoms with Gasteiger partial charge in [0.2, 0.25) is 0 Å². The fourth-order valence-electron chi connectivity index (χ4n) is 5.07. The smallest absolute Gasteiger partial charge is 0.289 e. The molecule has 0 radical (unpaired) electrons. The topological polar surface area (TPSA) is 121 Å². The van der Waals surface area contributed by atoms with Gasteiger partial charge in [0, 0.05) is 30.1 Å². The van der Waals surface area contributed by atoms with Crippen LogP contribution in [0.5, 0.6) is 0 Å². The van der Waals surface area contributed by atoms with Crippen LogP contribution in [0.3, 0.4) is 0 Å². The fourth-order valence-corrected chi connectivity index (χ4v) is 6.95. The summed E-state index contributed by atoms with van der Waals surface area (Å²) >= 11 is 0. The highest BCUT2D eigenvalue weighted by Crippen LogP contribution is 2.30. The van der Waals surface area contributed by atoms with E-state index < -0.39 is 24.4 Å². The lowest BCUT2D eigenvalue weighted by Crippen LogP contribution is -2.35. The summed E-state index contributed by atoms with van der Waals surface area (Å²) < 4.78 is 51.4. The SMILES string of the molecule is CC(C)(Cc1c(Cn2c(=O)n(C3CCS(=O)(=O)CC3)c3ccncc32)ncc2ccccc12)S(C)(=O)=O. The van der Waals surface area contributed by atoms with Crippen LogP contribution >= 0.6 is 0 Å². The molecule has 0 N–H and O–H groups in total. The molecule has 5 rings (SSSR count). The Bertz CT molecular complexity index is 1770. The van der Waals surface area contributed by atoms with Crippen molar-refractivity contribution in [3.63, 3.8) is 0 Å². The largest absolute Gasteiger partial charge is 0.329 e. The van der Waals surface area contributed by atoms with Gasteiger partial charge < -0.3 is 0 Å². The van der Waals surface area contributed by atoms with Gasteiger partial charge in [0.15, 0.2) is 9.84 Å². The second kappa shape index (κ2) is 9.05.